The van der Waals surface area contributed by atoms with E-state index in [-0.39, 0.29) is 6.17 Å². The summed E-state index contributed by atoms with van der Waals surface area (Å²) >= 11 is 1.92. The highest BCUT2D eigenvalue weighted by molar-refractivity contribution is 7.26. The number of amidine groups is 2. The Hall–Kier alpha value is -5.62. The lowest BCUT2D eigenvalue weighted by Crippen LogP contribution is -2.89. The molecule has 2 aliphatic rings. The van der Waals surface area contributed by atoms with E-state index in [1.54, 1.807) is 0 Å². The summed E-state index contributed by atoms with van der Waals surface area (Å²) < 4.78 is 5.22. The molecule has 2 aromatic heterocycles. The van der Waals surface area contributed by atoms with Crippen LogP contribution >= 0.6 is 11.3 Å². The molecule has 5 heteroatoms. The number of hydrogen-bond donors (Lipinski definition) is 1. The van der Waals surface area contributed by atoms with Crippen molar-refractivity contribution >= 4 is 71.1 Å². The van der Waals surface area contributed by atoms with Crippen molar-refractivity contribution in [2.24, 2.45) is 9.98 Å². The number of quaternary nitrogens is 1. The van der Waals surface area contributed by atoms with Gasteiger partial charge in [0.2, 0.25) is 12.0 Å². The normalized spacial score (nSPS) is 16.0. The molecular weight excluding hydrogens is 605 g/mol. The van der Waals surface area contributed by atoms with Gasteiger partial charge in [-0.25, -0.2) is 4.99 Å². The average Bonchev–Trinajstić information content (AvgIpc) is 3.72. The van der Waals surface area contributed by atoms with Crippen molar-refractivity contribution < 1.29 is 5.32 Å². The molecule has 2 N–H and O–H groups in total. The molecule has 8 aromatic rings. The molecule has 0 fully saturated rings. The zero-order valence-electron chi connectivity index (χ0n) is 26.2. The molecule has 3 heterocycles. The molecule has 10 rings (SSSR count). The van der Waals surface area contributed by atoms with Crippen molar-refractivity contribution in [3.05, 3.63) is 167 Å². The predicted octanol–water partition coefficient (Wildman–Crippen LogP) is 9.58. The van der Waals surface area contributed by atoms with E-state index in [2.05, 4.69) is 149 Å². The highest BCUT2D eigenvalue weighted by Gasteiger charge is 2.27. The second kappa shape index (κ2) is 11.0. The van der Waals surface area contributed by atoms with Crippen molar-refractivity contribution in [1.82, 2.24) is 4.57 Å². The van der Waals surface area contributed by atoms with Gasteiger partial charge in [-0.1, -0.05) is 97.1 Å². The maximum absolute atomic E-state index is 5.16. The van der Waals surface area contributed by atoms with Crippen LogP contribution in [0.15, 0.2) is 150 Å². The minimum atomic E-state index is -0.103. The fourth-order valence-corrected chi connectivity index (χ4v) is 8.92. The van der Waals surface area contributed by atoms with Crippen LogP contribution in [0, 0.1) is 0 Å². The number of nitrogens with zero attached hydrogens (tertiary/aromatic N) is 3. The molecule has 6 aromatic carbocycles. The minimum absolute atomic E-state index is 0.103. The zero-order chi connectivity index (χ0) is 31.6. The number of aryl methyl sites for hydroxylation is 1. The molecule has 0 saturated carbocycles. The molecule has 0 spiro atoms. The third-order valence-corrected chi connectivity index (χ3v) is 11.0. The van der Waals surface area contributed by atoms with Gasteiger partial charge in [0.15, 0.2) is 5.84 Å². The standard InChI is InChI=1S/C43H30N4S/c1-3-13-27(14-4-1)41-44-42(28-15-5-2-6-16-28)46-43(45-41)29-23-25-30(26-24-29)47-35-21-11-9-19-33(35)38-39(47)32-18-8-7-17-31(32)37-34-20-10-12-22-36(34)48-40(37)38/h1-7,9-17,19-26,41H,8,18H2,(H,44,45,46)/p+1. The number of aliphatic imine (C=N–C) groups is 2. The summed E-state index contributed by atoms with van der Waals surface area (Å²) in [5.74, 6) is 1.71. The fraction of sp³-hybridized carbons (Fsp3) is 0.0698. The maximum atomic E-state index is 5.16. The van der Waals surface area contributed by atoms with Crippen LogP contribution in [-0.4, -0.2) is 16.2 Å². The van der Waals surface area contributed by atoms with E-state index < -0.39 is 0 Å². The van der Waals surface area contributed by atoms with Gasteiger partial charge < -0.3 is 4.57 Å². The molecule has 0 saturated heterocycles. The van der Waals surface area contributed by atoms with Gasteiger partial charge >= 0.3 is 0 Å². The maximum Gasteiger partial charge on any atom is 0.235 e. The second-order valence-electron chi connectivity index (χ2n) is 12.6. The van der Waals surface area contributed by atoms with Gasteiger partial charge in [-0.15, -0.1) is 11.3 Å². The Labute approximate surface area is 282 Å². The van der Waals surface area contributed by atoms with Gasteiger partial charge in [0.1, 0.15) is 0 Å². The first kappa shape index (κ1) is 27.5. The van der Waals surface area contributed by atoms with Crippen LogP contribution in [0.2, 0.25) is 0 Å². The highest BCUT2D eigenvalue weighted by Crippen LogP contribution is 2.48. The largest absolute Gasteiger partial charge is 0.309 e. The lowest BCUT2D eigenvalue weighted by molar-refractivity contribution is -0.586. The number of hydrogen-bond acceptors (Lipinski definition) is 3. The molecule has 1 aliphatic carbocycles. The number of para-hydroxylation sites is 1. The van der Waals surface area contributed by atoms with Crippen LogP contribution in [0.3, 0.4) is 0 Å². The van der Waals surface area contributed by atoms with Crippen molar-refractivity contribution in [3.63, 3.8) is 0 Å². The Kier molecular flexibility index (Phi) is 6.29. The van der Waals surface area contributed by atoms with Crippen molar-refractivity contribution in [3.8, 4) is 5.69 Å². The third-order valence-electron chi connectivity index (χ3n) is 9.82. The van der Waals surface area contributed by atoms with Gasteiger partial charge in [-0.05, 0) is 72.5 Å². The second-order valence-corrected chi connectivity index (χ2v) is 13.6. The van der Waals surface area contributed by atoms with Crippen molar-refractivity contribution in [2.45, 2.75) is 19.0 Å². The summed E-state index contributed by atoms with van der Waals surface area (Å²) in [6, 6.07) is 47.6. The molecule has 1 atom stereocenters. The van der Waals surface area contributed by atoms with E-state index in [1.165, 1.54) is 53.1 Å². The number of thiophene rings is 1. The number of allylic oxidation sites excluding steroid dienone is 1. The Morgan fingerprint density at radius 3 is 2.25 bits per heavy atom. The SMILES string of the molecule is C1=Cc2c(c3c(c4ccccc4n3-c3ccc(C4=NC(c5ccccc5)[NH2+]C(c5ccccc5)=N4)cc3)c3sc4ccccc4c23)CC1. The van der Waals surface area contributed by atoms with Crippen LogP contribution in [-0.2, 0) is 6.42 Å². The molecule has 0 radical (unpaired) electrons. The van der Waals surface area contributed by atoms with Crippen molar-refractivity contribution in [2.75, 3.05) is 0 Å². The van der Waals surface area contributed by atoms with E-state index in [1.807, 2.05) is 17.4 Å². The summed E-state index contributed by atoms with van der Waals surface area (Å²) in [5.41, 5.74) is 9.81. The van der Waals surface area contributed by atoms with Crippen LogP contribution in [0.5, 0.6) is 0 Å². The summed E-state index contributed by atoms with van der Waals surface area (Å²) in [6.07, 6.45) is 6.69. The lowest BCUT2D eigenvalue weighted by atomic mass is 9.90. The molecule has 1 unspecified atom stereocenters. The molecule has 0 bridgehead atoms. The predicted molar refractivity (Wildman–Crippen MR) is 202 cm³/mol. The van der Waals surface area contributed by atoms with Gasteiger partial charge in [-0.2, -0.15) is 4.99 Å². The average molecular weight is 636 g/mol. The van der Waals surface area contributed by atoms with E-state index in [9.17, 15) is 0 Å². The first-order chi connectivity index (χ1) is 23.8. The monoisotopic (exact) mass is 635 g/mol. The summed E-state index contributed by atoms with van der Waals surface area (Å²) in [7, 11) is 0. The lowest BCUT2D eigenvalue weighted by Gasteiger charge is -2.19. The highest BCUT2D eigenvalue weighted by atomic mass is 32.1. The Bertz CT molecular complexity index is 2620. The van der Waals surface area contributed by atoms with E-state index >= 15 is 0 Å². The van der Waals surface area contributed by atoms with Crippen LogP contribution < -0.4 is 5.32 Å². The van der Waals surface area contributed by atoms with Gasteiger partial charge in [-0.3, -0.25) is 5.32 Å². The van der Waals surface area contributed by atoms with Gasteiger partial charge in [0.25, 0.3) is 0 Å². The van der Waals surface area contributed by atoms with Crippen LogP contribution in [0.1, 0.15) is 40.4 Å². The Morgan fingerprint density at radius 2 is 1.42 bits per heavy atom. The molecule has 1 aliphatic heterocycles. The summed E-state index contributed by atoms with van der Waals surface area (Å²) in [4.78, 5) is 10.3. The zero-order valence-corrected chi connectivity index (χ0v) is 27.0. The van der Waals surface area contributed by atoms with E-state index in [0.29, 0.717) is 0 Å². The minimum Gasteiger partial charge on any atom is -0.309 e. The first-order valence-electron chi connectivity index (χ1n) is 16.6. The number of nitrogens with two attached hydrogens (primary N) is 1. The van der Waals surface area contributed by atoms with Crippen molar-refractivity contribution in [1.29, 1.82) is 0 Å². The number of benzene rings is 6. The molecule has 4 nitrogen and oxygen atoms in total. The Balaban J connectivity index is 1.17. The topological polar surface area (TPSA) is 46.3 Å². The van der Waals surface area contributed by atoms with Crippen LogP contribution in [0.25, 0.3) is 53.7 Å². The van der Waals surface area contributed by atoms with E-state index in [4.69, 9.17) is 9.98 Å². The smallest absolute Gasteiger partial charge is 0.235 e. The first-order valence-corrected chi connectivity index (χ1v) is 17.4. The fourth-order valence-electron chi connectivity index (χ4n) is 7.65. The summed E-state index contributed by atoms with van der Waals surface area (Å²) in [5, 5.41) is 7.61. The summed E-state index contributed by atoms with van der Waals surface area (Å²) in [6.45, 7) is 0. The Morgan fingerprint density at radius 1 is 0.688 bits per heavy atom. The number of fused-ring (bicyclic) bond motifs is 10. The third kappa shape index (κ3) is 4.25. The molecule has 48 heavy (non-hydrogen) atoms. The molecular formula is C43H31N4S+. The van der Waals surface area contributed by atoms with Crippen LogP contribution in [0.4, 0.5) is 0 Å². The molecule has 228 valence electrons. The quantitative estimate of drug-likeness (QED) is 0.200. The number of aromatic nitrogens is 1. The van der Waals surface area contributed by atoms with Gasteiger partial charge in [0.05, 0.1) is 16.6 Å². The number of rotatable bonds is 4. The van der Waals surface area contributed by atoms with Gasteiger partial charge in [0, 0.05) is 47.8 Å². The molecule has 0 amide bonds. The van der Waals surface area contributed by atoms with E-state index in [0.717, 1.165) is 46.9 Å².